The van der Waals surface area contributed by atoms with Crippen LogP contribution in [-0.2, 0) is 9.47 Å². The maximum atomic E-state index is 5.91. The zero-order chi connectivity index (χ0) is 21.3. The SMILES string of the molecule is Brc1cc2c(cc1Br)OCCOc1cc(Br)c(Br)cc1OCCOCCOCCO2. The van der Waals surface area contributed by atoms with Gasteiger partial charge in [0.2, 0.25) is 0 Å². The van der Waals surface area contributed by atoms with E-state index in [0.717, 1.165) is 17.9 Å². The van der Waals surface area contributed by atoms with Crippen LogP contribution in [0.3, 0.4) is 0 Å². The average Bonchev–Trinajstić information content (AvgIpc) is 2.72. The highest BCUT2D eigenvalue weighted by molar-refractivity contribution is 9.13. The fourth-order valence-electron chi connectivity index (χ4n) is 2.52. The summed E-state index contributed by atoms with van der Waals surface area (Å²) in [5.74, 6) is 2.49. The third-order valence-electron chi connectivity index (χ3n) is 3.91. The van der Waals surface area contributed by atoms with Crippen molar-refractivity contribution in [3.05, 3.63) is 42.2 Å². The highest BCUT2D eigenvalue weighted by Gasteiger charge is 2.13. The molecule has 6 nitrogen and oxygen atoms in total. The molecule has 0 N–H and O–H groups in total. The van der Waals surface area contributed by atoms with Crippen molar-refractivity contribution in [1.29, 1.82) is 0 Å². The van der Waals surface area contributed by atoms with E-state index in [1.165, 1.54) is 0 Å². The lowest BCUT2D eigenvalue weighted by molar-refractivity contribution is 0.0264. The van der Waals surface area contributed by atoms with Gasteiger partial charge in [-0.15, -0.1) is 0 Å². The van der Waals surface area contributed by atoms with Gasteiger partial charge < -0.3 is 28.4 Å². The van der Waals surface area contributed by atoms with Crippen LogP contribution < -0.4 is 18.9 Å². The fraction of sp³-hybridized carbons (Fsp3) is 0.400. The predicted molar refractivity (Wildman–Crippen MR) is 127 cm³/mol. The van der Waals surface area contributed by atoms with Gasteiger partial charge in [0.05, 0.1) is 26.4 Å². The summed E-state index contributed by atoms with van der Waals surface area (Å²) in [5.41, 5.74) is 0. The molecule has 164 valence electrons. The van der Waals surface area contributed by atoms with Gasteiger partial charge >= 0.3 is 0 Å². The summed E-state index contributed by atoms with van der Waals surface area (Å²) in [4.78, 5) is 0. The number of hydrogen-bond donors (Lipinski definition) is 0. The van der Waals surface area contributed by atoms with Gasteiger partial charge in [-0.25, -0.2) is 0 Å². The first kappa shape index (κ1) is 24.1. The Morgan fingerprint density at radius 1 is 0.400 bits per heavy atom. The van der Waals surface area contributed by atoms with E-state index in [1.54, 1.807) is 0 Å². The van der Waals surface area contributed by atoms with E-state index in [1.807, 2.05) is 24.3 Å². The summed E-state index contributed by atoms with van der Waals surface area (Å²) < 4.78 is 38.1. The summed E-state index contributed by atoms with van der Waals surface area (Å²) in [6, 6.07) is 7.44. The second-order valence-electron chi connectivity index (χ2n) is 6.04. The highest BCUT2D eigenvalue weighted by atomic mass is 79.9. The summed E-state index contributed by atoms with van der Waals surface area (Å²) in [5, 5.41) is 0. The number of benzene rings is 2. The van der Waals surface area contributed by atoms with E-state index in [0.29, 0.717) is 75.9 Å². The van der Waals surface area contributed by atoms with Crippen LogP contribution in [0.5, 0.6) is 23.0 Å². The molecular weight excluding hydrogens is 656 g/mol. The van der Waals surface area contributed by atoms with Crippen LogP contribution in [0.25, 0.3) is 0 Å². The first-order valence-electron chi connectivity index (χ1n) is 9.19. The molecule has 0 atom stereocenters. The van der Waals surface area contributed by atoms with Crippen LogP contribution in [0.1, 0.15) is 0 Å². The molecule has 0 aromatic heterocycles. The van der Waals surface area contributed by atoms with Crippen molar-refractivity contribution in [3.8, 4) is 23.0 Å². The fourth-order valence-corrected chi connectivity index (χ4v) is 3.81. The zero-order valence-electron chi connectivity index (χ0n) is 15.9. The van der Waals surface area contributed by atoms with Crippen LogP contribution in [0.4, 0.5) is 0 Å². The maximum Gasteiger partial charge on any atom is 0.162 e. The molecule has 30 heavy (non-hydrogen) atoms. The minimum absolute atomic E-state index is 0.331. The van der Waals surface area contributed by atoms with Crippen molar-refractivity contribution in [2.24, 2.45) is 0 Å². The van der Waals surface area contributed by atoms with E-state index in [-0.39, 0.29) is 0 Å². The van der Waals surface area contributed by atoms with Gasteiger partial charge in [0, 0.05) is 17.9 Å². The Morgan fingerprint density at radius 2 is 0.633 bits per heavy atom. The third-order valence-corrected chi connectivity index (χ3v) is 7.60. The standard InChI is InChI=1S/C20H20Br4O6/c21-13-9-17-19(11-15(13)23)29-7-8-30-20-12-16(24)14(22)10-18(20)28-6-4-26-2-1-25-3-5-27-17/h9-12H,1-8H2. The van der Waals surface area contributed by atoms with Crippen LogP contribution in [0, 0.1) is 0 Å². The highest BCUT2D eigenvalue weighted by Crippen LogP contribution is 2.38. The second kappa shape index (κ2) is 12.5. The number of ether oxygens (including phenoxy) is 6. The van der Waals surface area contributed by atoms with E-state index in [2.05, 4.69) is 63.7 Å². The van der Waals surface area contributed by atoms with Crippen LogP contribution in [0.2, 0.25) is 0 Å². The first-order chi connectivity index (χ1) is 14.5. The number of halogens is 4. The van der Waals surface area contributed by atoms with Gasteiger partial charge in [-0.3, -0.25) is 0 Å². The molecule has 2 aromatic carbocycles. The normalized spacial score (nSPS) is 16.4. The second-order valence-corrected chi connectivity index (χ2v) is 9.46. The Balaban J connectivity index is 1.73. The summed E-state index contributed by atoms with van der Waals surface area (Å²) in [6.45, 7) is 3.33. The molecule has 1 heterocycles. The minimum atomic E-state index is 0.331. The molecule has 3 rings (SSSR count). The Hall–Kier alpha value is -0.520. The molecule has 1 aliphatic heterocycles. The largest absolute Gasteiger partial charge is 0.487 e. The van der Waals surface area contributed by atoms with Gasteiger partial charge in [0.1, 0.15) is 26.4 Å². The molecule has 10 heteroatoms. The lowest BCUT2D eigenvalue weighted by Gasteiger charge is -2.17. The molecule has 0 saturated heterocycles. The lowest BCUT2D eigenvalue weighted by atomic mass is 10.3. The molecular formula is C20H20Br4O6. The smallest absolute Gasteiger partial charge is 0.162 e. The van der Waals surface area contributed by atoms with E-state index >= 15 is 0 Å². The molecule has 1 aliphatic rings. The van der Waals surface area contributed by atoms with Crippen molar-refractivity contribution in [2.45, 2.75) is 0 Å². The Kier molecular flexibility index (Phi) is 10.1. The van der Waals surface area contributed by atoms with Crippen LogP contribution in [0.15, 0.2) is 42.2 Å². The quantitative estimate of drug-likeness (QED) is 0.342. The van der Waals surface area contributed by atoms with Crippen LogP contribution >= 0.6 is 63.7 Å². The third kappa shape index (κ3) is 7.27. The van der Waals surface area contributed by atoms with Crippen molar-refractivity contribution in [1.82, 2.24) is 0 Å². The monoisotopic (exact) mass is 672 g/mol. The van der Waals surface area contributed by atoms with Gasteiger partial charge in [0.15, 0.2) is 23.0 Å². The molecule has 2 aromatic rings. The minimum Gasteiger partial charge on any atom is -0.487 e. The maximum absolute atomic E-state index is 5.91. The summed E-state index contributed by atoms with van der Waals surface area (Å²) >= 11 is 14.0. The summed E-state index contributed by atoms with van der Waals surface area (Å²) in [6.07, 6.45) is 0. The molecule has 0 unspecified atom stereocenters. The molecule has 0 aliphatic carbocycles. The van der Waals surface area contributed by atoms with E-state index in [4.69, 9.17) is 28.4 Å². The molecule has 0 spiro atoms. The van der Waals surface area contributed by atoms with Crippen molar-refractivity contribution in [3.63, 3.8) is 0 Å². The topological polar surface area (TPSA) is 55.4 Å². The molecule has 0 fully saturated rings. The van der Waals surface area contributed by atoms with Gasteiger partial charge in [-0.2, -0.15) is 0 Å². The summed E-state index contributed by atoms with van der Waals surface area (Å²) in [7, 11) is 0. The molecule has 0 saturated carbocycles. The van der Waals surface area contributed by atoms with Gasteiger partial charge in [0.25, 0.3) is 0 Å². The van der Waals surface area contributed by atoms with Crippen molar-refractivity contribution < 1.29 is 28.4 Å². The Morgan fingerprint density at radius 3 is 0.933 bits per heavy atom. The first-order valence-corrected chi connectivity index (χ1v) is 12.4. The molecule has 0 amide bonds. The number of fused-ring (bicyclic) bond motifs is 2. The van der Waals surface area contributed by atoms with Crippen molar-refractivity contribution in [2.75, 3.05) is 52.9 Å². The lowest BCUT2D eigenvalue weighted by Crippen LogP contribution is -2.15. The van der Waals surface area contributed by atoms with Gasteiger partial charge in [-0.05, 0) is 88.0 Å². The number of rotatable bonds is 0. The van der Waals surface area contributed by atoms with Crippen molar-refractivity contribution >= 4 is 63.7 Å². The number of hydrogen-bond acceptors (Lipinski definition) is 6. The average molecular weight is 676 g/mol. The van der Waals surface area contributed by atoms with Crippen LogP contribution in [-0.4, -0.2) is 52.9 Å². The van der Waals surface area contributed by atoms with Gasteiger partial charge in [-0.1, -0.05) is 0 Å². The van der Waals surface area contributed by atoms with E-state index < -0.39 is 0 Å². The molecule has 0 bridgehead atoms. The zero-order valence-corrected chi connectivity index (χ0v) is 22.3. The molecule has 0 radical (unpaired) electrons. The van der Waals surface area contributed by atoms with E-state index in [9.17, 15) is 0 Å². The Bertz CT molecular complexity index is 779. The Labute approximate surface area is 209 Å². The predicted octanol–water partition coefficient (Wildman–Crippen LogP) is 6.00.